The second-order valence-corrected chi connectivity index (χ2v) is 4.29. The van der Waals surface area contributed by atoms with Crippen LogP contribution in [-0.2, 0) is 4.79 Å². The fourth-order valence-electron chi connectivity index (χ4n) is 1.38. The van der Waals surface area contributed by atoms with Crippen LogP contribution in [0.4, 0.5) is 0 Å². The van der Waals surface area contributed by atoms with Crippen molar-refractivity contribution in [3.63, 3.8) is 0 Å². The molecule has 0 aliphatic heterocycles. The van der Waals surface area contributed by atoms with Gasteiger partial charge in [-0.25, -0.2) is 0 Å². The number of nitrogens with one attached hydrogen (secondary N) is 1. The molecule has 0 bridgehead atoms. The van der Waals surface area contributed by atoms with Gasteiger partial charge in [0.1, 0.15) is 0 Å². The summed E-state index contributed by atoms with van der Waals surface area (Å²) in [5, 5.41) is 2.94. The van der Waals surface area contributed by atoms with Crippen LogP contribution in [0.25, 0.3) is 0 Å². The summed E-state index contributed by atoms with van der Waals surface area (Å²) in [5.41, 5.74) is 5.55. The summed E-state index contributed by atoms with van der Waals surface area (Å²) >= 11 is 0. The van der Waals surface area contributed by atoms with Gasteiger partial charge in [-0.15, -0.1) is 0 Å². The van der Waals surface area contributed by atoms with E-state index in [0.29, 0.717) is 6.42 Å². The maximum Gasteiger partial charge on any atom is 0.220 e. The van der Waals surface area contributed by atoms with Gasteiger partial charge in [0, 0.05) is 19.0 Å². The Morgan fingerprint density at radius 3 is 2.77 bits per heavy atom. The second kappa shape index (κ2) is 4.61. The van der Waals surface area contributed by atoms with Crippen molar-refractivity contribution in [3.05, 3.63) is 0 Å². The summed E-state index contributed by atoms with van der Waals surface area (Å²) in [6, 6.07) is 0.130. The summed E-state index contributed by atoms with van der Waals surface area (Å²) in [7, 11) is 0. The van der Waals surface area contributed by atoms with Crippen LogP contribution in [-0.4, -0.2) is 18.5 Å². The minimum absolute atomic E-state index is 0.130. The second-order valence-electron chi connectivity index (χ2n) is 4.29. The molecular weight excluding hydrogens is 164 g/mol. The minimum Gasteiger partial charge on any atom is -0.356 e. The van der Waals surface area contributed by atoms with Gasteiger partial charge in [-0.2, -0.15) is 0 Å². The summed E-state index contributed by atoms with van der Waals surface area (Å²) in [6.07, 6.45) is 2.62. The molecule has 1 saturated carbocycles. The lowest BCUT2D eigenvalue weighted by Gasteiger charge is -2.05. The molecule has 3 unspecified atom stereocenters. The van der Waals surface area contributed by atoms with Gasteiger partial charge in [0.25, 0.3) is 0 Å². The first kappa shape index (κ1) is 10.5. The number of carbonyl (C=O) groups is 1. The first-order chi connectivity index (χ1) is 6.09. The van der Waals surface area contributed by atoms with Gasteiger partial charge in [-0.1, -0.05) is 6.92 Å². The minimum atomic E-state index is 0.130. The highest BCUT2D eigenvalue weighted by atomic mass is 16.1. The highest BCUT2D eigenvalue weighted by Gasteiger charge is 2.32. The fourth-order valence-corrected chi connectivity index (χ4v) is 1.38. The van der Waals surface area contributed by atoms with Crippen LogP contribution < -0.4 is 11.1 Å². The van der Waals surface area contributed by atoms with Crippen molar-refractivity contribution in [1.82, 2.24) is 5.32 Å². The Balaban J connectivity index is 1.98. The maximum atomic E-state index is 11.2. The molecular formula is C10H20N2O. The molecule has 0 heterocycles. The van der Waals surface area contributed by atoms with Crippen molar-refractivity contribution >= 4 is 5.91 Å². The zero-order valence-electron chi connectivity index (χ0n) is 8.55. The van der Waals surface area contributed by atoms with Crippen LogP contribution in [0.3, 0.4) is 0 Å². The van der Waals surface area contributed by atoms with Crippen LogP contribution >= 0.6 is 0 Å². The van der Waals surface area contributed by atoms with Crippen molar-refractivity contribution < 1.29 is 4.79 Å². The van der Waals surface area contributed by atoms with E-state index in [4.69, 9.17) is 5.73 Å². The van der Waals surface area contributed by atoms with E-state index in [1.54, 1.807) is 0 Å². The number of nitrogens with two attached hydrogens (primary N) is 1. The monoisotopic (exact) mass is 184 g/mol. The molecule has 76 valence electrons. The Labute approximate surface area is 80.1 Å². The van der Waals surface area contributed by atoms with Gasteiger partial charge < -0.3 is 11.1 Å². The maximum absolute atomic E-state index is 11.2. The van der Waals surface area contributed by atoms with E-state index >= 15 is 0 Å². The van der Waals surface area contributed by atoms with Crippen molar-refractivity contribution in [2.75, 3.05) is 6.54 Å². The van der Waals surface area contributed by atoms with Crippen LogP contribution in [0, 0.1) is 11.8 Å². The van der Waals surface area contributed by atoms with Gasteiger partial charge in [-0.3, -0.25) is 4.79 Å². The predicted molar refractivity (Wildman–Crippen MR) is 53.2 cm³/mol. The molecule has 0 spiro atoms. The fraction of sp³-hybridized carbons (Fsp3) is 0.900. The number of carbonyl (C=O) groups excluding carboxylic acids is 1. The molecule has 3 heteroatoms. The Morgan fingerprint density at radius 2 is 2.31 bits per heavy atom. The van der Waals surface area contributed by atoms with Gasteiger partial charge in [-0.05, 0) is 31.6 Å². The first-order valence-electron chi connectivity index (χ1n) is 5.12. The van der Waals surface area contributed by atoms with E-state index < -0.39 is 0 Å². The average molecular weight is 184 g/mol. The zero-order valence-corrected chi connectivity index (χ0v) is 8.55. The average Bonchev–Trinajstić information content (AvgIpc) is 2.75. The van der Waals surface area contributed by atoms with Crippen LogP contribution in [0.15, 0.2) is 0 Å². The Hall–Kier alpha value is -0.570. The molecule has 13 heavy (non-hydrogen) atoms. The summed E-state index contributed by atoms with van der Waals surface area (Å²) in [4.78, 5) is 11.2. The molecule has 0 radical (unpaired) electrons. The number of amides is 1. The molecule has 3 atom stereocenters. The van der Waals surface area contributed by atoms with E-state index in [1.165, 1.54) is 6.42 Å². The summed E-state index contributed by atoms with van der Waals surface area (Å²) in [5.74, 6) is 1.70. The molecule has 3 nitrogen and oxygen atoms in total. The molecule has 1 amide bonds. The topological polar surface area (TPSA) is 55.1 Å². The van der Waals surface area contributed by atoms with E-state index in [0.717, 1.165) is 24.8 Å². The highest BCUT2D eigenvalue weighted by molar-refractivity contribution is 5.75. The normalized spacial score (nSPS) is 28.2. The summed E-state index contributed by atoms with van der Waals surface area (Å²) in [6.45, 7) is 5.01. The molecule has 1 aliphatic carbocycles. The van der Waals surface area contributed by atoms with E-state index in [9.17, 15) is 4.79 Å². The lowest BCUT2D eigenvalue weighted by molar-refractivity contribution is -0.121. The molecule has 0 aromatic carbocycles. The van der Waals surface area contributed by atoms with Crippen molar-refractivity contribution in [2.24, 2.45) is 17.6 Å². The Kier molecular flexibility index (Phi) is 3.72. The number of hydrogen-bond acceptors (Lipinski definition) is 2. The van der Waals surface area contributed by atoms with Gasteiger partial charge in [0.15, 0.2) is 0 Å². The smallest absolute Gasteiger partial charge is 0.220 e. The molecule has 0 aromatic rings. The first-order valence-corrected chi connectivity index (χ1v) is 5.12. The zero-order chi connectivity index (χ0) is 9.84. The van der Waals surface area contributed by atoms with E-state index in [2.05, 4.69) is 12.2 Å². The SMILES string of the molecule is CC(N)CCC(=O)NCC1CC1C. The lowest BCUT2D eigenvalue weighted by atomic mass is 10.2. The van der Waals surface area contributed by atoms with Crippen LogP contribution in [0.5, 0.6) is 0 Å². The van der Waals surface area contributed by atoms with Gasteiger partial charge >= 0.3 is 0 Å². The summed E-state index contributed by atoms with van der Waals surface area (Å²) < 4.78 is 0. The van der Waals surface area contributed by atoms with Crippen LogP contribution in [0.2, 0.25) is 0 Å². The van der Waals surface area contributed by atoms with Crippen LogP contribution in [0.1, 0.15) is 33.1 Å². The van der Waals surface area contributed by atoms with E-state index in [1.807, 2.05) is 6.92 Å². The van der Waals surface area contributed by atoms with Gasteiger partial charge in [0.2, 0.25) is 5.91 Å². The molecule has 1 rings (SSSR count). The molecule has 1 aliphatic rings. The van der Waals surface area contributed by atoms with Crippen molar-refractivity contribution in [1.29, 1.82) is 0 Å². The predicted octanol–water partition coefficient (Wildman–Crippen LogP) is 0.886. The molecule has 0 aromatic heterocycles. The third-order valence-electron chi connectivity index (χ3n) is 2.66. The number of hydrogen-bond donors (Lipinski definition) is 2. The van der Waals surface area contributed by atoms with E-state index in [-0.39, 0.29) is 11.9 Å². The van der Waals surface area contributed by atoms with Crippen molar-refractivity contribution in [2.45, 2.75) is 39.2 Å². The Morgan fingerprint density at radius 1 is 1.69 bits per heavy atom. The highest BCUT2D eigenvalue weighted by Crippen LogP contribution is 2.36. The standard InChI is InChI=1S/C10H20N2O/c1-7-5-9(7)6-12-10(13)4-3-8(2)11/h7-9H,3-6,11H2,1-2H3,(H,12,13). The molecule has 1 fully saturated rings. The third-order valence-corrected chi connectivity index (χ3v) is 2.66. The third kappa shape index (κ3) is 4.27. The molecule has 0 saturated heterocycles. The quantitative estimate of drug-likeness (QED) is 0.666. The van der Waals surface area contributed by atoms with Gasteiger partial charge in [0.05, 0.1) is 0 Å². The largest absolute Gasteiger partial charge is 0.356 e. The lowest BCUT2D eigenvalue weighted by Crippen LogP contribution is -2.27. The Bertz CT molecular complexity index is 180. The molecule has 3 N–H and O–H groups in total. The number of rotatable bonds is 5. The van der Waals surface area contributed by atoms with Crippen molar-refractivity contribution in [3.8, 4) is 0 Å².